The van der Waals surface area contributed by atoms with E-state index in [4.69, 9.17) is 23.8 Å². The molecule has 0 radical (unpaired) electrons. The summed E-state index contributed by atoms with van der Waals surface area (Å²) in [6, 6.07) is 3.85. The minimum atomic E-state index is 0.544. The van der Waals surface area contributed by atoms with Crippen molar-refractivity contribution in [2.24, 2.45) is 0 Å². The van der Waals surface area contributed by atoms with Gasteiger partial charge in [0.2, 0.25) is 0 Å². The number of halogens is 1. The lowest BCUT2D eigenvalue weighted by Crippen LogP contribution is -2.28. The summed E-state index contributed by atoms with van der Waals surface area (Å²) in [4.78, 5) is 7.46. The summed E-state index contributed by atoms with van der Waals surface area (Å²) >= 11 is 11.2. The normalized spacial score (nSPS) is 17.3. The summed E-state index contributed by atoms with van der Waals surface area (Å²) in [5.41, 5.74) is 1.17. The molecule has 0 bridgehead atoms. The summed E-state index contributed by atoms with van der Waals surface area (Å²) in [7, 11) is 0. The molecular formula is C12H15ClN2S. The molecule has 0 spiro atoms. The predicted octanol–water partition coefficient (Wildman–Crippen LogP) is 3.44. The van der Waals surface area contributed by atoms with Gasteiger partial charge in [0.25, 0.3) is 0 Å². The number of thiocarbonyl (C=S) groups is 1. The largest absolute Gasteiger partial charge is 0.362 e. The van der Waals surface area contributed by atoms with Crippen molar-refractivity contribution in [1.82, 2.24) is 9.88 Å². The Hall–Kier alpha value is -0.670. The first-order chi connectivity index (χ1) is 7.75. The van der Waals surface area contributed by atoms with E-state index in [2.05, 4.69) is 9.88 Å². The molecule has 2 rings (SSSR count). The van der Waals surface area contributed by atoms with Gasteiger partial charge >= 0.3 is 0 Å². The van der Waals surface area contributed by atoms with Crippen molar-refractivity contribution in [1.29, 1.82) is 0 Å². The van der Waals surface area contributed by atoms with E-state index < -0.39 is 0 Å². The molecular weight excluding hydrogens is 240 g/mol. The zero-order chi connectivity index (χ0) is 11.4. The third-order valence-corrected chi connectivity index (χ3v) is 3.52. The van der Waals surface area contributed by atoms with Crippen molar-refractivity contribution < 1.29 is 0 Å². The number of hydrogen-bond acceptors (Lipinski definition) is 2. The van der Waals surface area contributed by atoms with Gasteiger partial charge in [-0.15, -0.1) is 0 Å². The van der Waals surface area contributed by atoms with E-state index in [0.717, 1.165) is 24.5 Å². The number of likely N-dealkylation sites (tertiary alicyclic amines) is 1. The Kier molecular flexibility index (Phi) is 4.13. The van der Waals surface area contributed by atoms with Crippen LogP contribution < -0.4 is 0 Å². The average Bonchev–Trinajstić information content (AvgIpc) is 2.48. The van der Waals surface area contributed by atoms with Crippen LogP contribution in [-0.2, 0) is 6.54 Å². The number of pyridine rings is 1. The van der Waals surface area contributed by atoms with E-state index in [1.54, 1.807) is 0 Å². The third kappa shape index (κ3) is 3.16. The van der Waals surface area contributed by atoms with Crippen LogP contribution in [0.1, 0.15) is 31.2 Å². The zero-order valence-corrected chi connectivity index (χ0v) is 10.7. The predicted molar refractivity (Wildman–Crippen MR) is 70.7 cm³/mol. The minimum Gasteiger partial charge on any atom is -0.362 e. The van der Waals surface area contributed by atoms with E-state index in [9.17, 15) is 0 Å². The summed E-state index contributed by atoms with van der Waals surface area (Å²) in [6.07, 6.45) is 6.64. The molecule has 0 aromatic carbocycles. The van der Waals surface area contributed by atoms with Gasteiger partial charge in [0, 0.05) is 19.3 Å². The Bertz CT molecular complexity index is 364. The molecule has 1 aromatic heterocycles. The van der Waals surface area contributed by atoms with Gasteiger partial charge in [-0.05, 0) is 30.9 Å². The lowest BCUT2D eigenvalue weighted by molar-refractivity contribution is 0.414. The molecule has 1 aromatic rings. The molecule has 2 heterocycles. The molecule has 86 valence electrons. The van der Waals surface area contributed by atoms with Crippen LogP contribution in [0.3, 0.4) is 0 Å². The lowest BCUT2D eigenvalue weighted by Gasteiger charge is -2.22. The van der Waals surface area contributed by atoms with Crippen LogP contribution in [-0.4, -0.2) is 21.4 Å². The second-order valence-electron chi connectivity index (χ2n) is 4.12. The molecule has 1 aliphatic heterocycles. The summed E-state index contributed by atoms with van der Waals surface area (Å²) < 4.78 is 0. The maximum absolute atomic E-state index is 5.76. The van der Waals surface area contributed by atoms with Gasteiger partial charge in [0.1, 0.15) is 5.15 Å². The smallest absolute Gasteiger partial charge is 0.129 e. The second kappa shape index (κ2) is 5.60. The third-order valence-electron chi connectivity index (χ3n) is 2.83. The molecule has 2 nitrogen and oxygen atoms in total. The number of rotatable bonds is 2. The molecule has 0 aliphatic carbocycles. The number of aromatic nitrogens is 1. The van der Waals surface area contributed by atoms with Crippen LogP contribution in [0.4, 0.5) is 0 Å². The van der Waals surface area contributed by atoms with Gasteiger partial charge < -0.3 is 4.90 Å². The van der Waals surface area contributed by atoms with Crippen molar-refractivity contribution in [2.75, 3.05) is 6.54 Å². The number of nitrogens with zero attached hydrogens (tertiary/aromatic N) is 2. The summed E-state index contributed by atoms with van der Waals surface area (Å²) in [5, 5.41) is 0.544. The maximum atomic E-state index is 5.76. The fraction of sp³-hybridized carbons (Fsp3) is 0.500. The van der Waals surface area contributed by atoms with Crippen molar-refractivity contribution in [2.45, 2.75) is 32.2 Å². The molecule has 1 aliphatic rings. The van der Waals surface area contributed by atoms with Crippen molar-refractivity contribution in [3.8, 4) is 0 Å². The van der Waals surface area contributed by atoms with Crippen molar-refractivity contribution >= 4 is 28.8 Å². The van der Waals surface area contributed by atoms with E-state index >= 15 is 0 Å². The maximum Gasteiger partial charge on any atom is 0.129 e. The fourth-order valence-electron chi connectivity index (χ4n) is 1.93. The molecule has 0 amide bonds. The first kappa shape index (κ1) is 11.8. The van der Waals surface area contributed by atoms with E-state index in [1.807, 2.05) is 18.3 Å². The Morgan fingerprint density at radius 2 is 2.19 bits per heavy atom. The highest BCUT2D eigenvalue weighted by Crippen LogP contribution is 2.16. The van der Waals surface area contributed by atoms with Gasteiger partial charge in [-0.25, -0.2) is 4.98 Å². The Balaban J connectivity index is 2.02. The quantitative estimate of drug-likeness (QED) is 0.594. The summed E-state index contributed by atoms with van der Waals surface area (Å²) in [5.74, 6) is 0. The molecule has 1 fully saturated rings. The van der Waals surface area contributed by atoms with E-state index in [1.165, 1.54) is 24.8 Å². The molecule has 0 atom stereocenters. The van der Waals surface area contributed by atoms with Crippen molar-refractivity contribution in [3.63, 3.8) is 0 Å². The molecule has 0 N–H and O–H groups in total. The highest BCUT2D eigenvalue weighted by molar-refractivity contribution is 7.80. The highest BCUT2D eigenvalue weighted by Gasteiger charge is 2.13. The topological polar surface area (TPSA) is 16.1 Å². The Morgan fingerprint density at radius 3 is 2.94 bits per heavy atom. The zero-order valence-electron chi connectivity index (χ0n) is 9.16. The molecule has 1 saturated heterocycles. The lowest BCUT2D eigenvalue weighted by atomic mass is 10.2. The molecule has 4 heteroatoms. The Labute approximate surface area is 107 Å². The van der Waals surface area contributed by atoms with Crippen molar-refractivity contribution in [3.05, 3.63) is 29.0 Å². The SMILES string of the molecule is S=C1CCCCCN1Cc1ccc(Cl)nc1. The van der Waals surface area contributed by atoms with Gasteiger partial charge in [-0.1, -0.05) is 36.3 Å². The van der Waals surface area contributed by atoms with Crippen LogP contribution in [0.25, 0.3) is 0 Å². The second-order valence-corrected chi connectivity index (χ2v) is 4.97. The monoisotopic (exact) mass is 254 g/mol. The highest BCUT2D eigenvalue weighted by atomic mass is 35.5. The first-order valence-electron chi connectivity index (χ1n) is 5.64. The van der Waals surface area contributed by atoms with Crippen LogP contribution in [0.5, 0.6) is 0 Å². The minimum absolute atomic E-state index is 0.544. The van der Waals surface area contributed by atoms with Gasteiger partial charge in [0.15, 0.2) is 0 Å². The number of hydrogen-bond donors (Lipinski definition) is 0. The molecule has 0 unspecified atom stereocenters. The van der Waals surface area contributed by atoms with Crippen LogP contribution in [0, 0.1) is 0 Å². The van der Waals surface area contributed by atoms with Gasteiger partial charge in [0.05, 0.1) is 4.99 Å². The standard InChI is InChI=1S/C12H15ClN2S/c13-11-6-5-10(8-14-11)9-15-7-3-1-2-4-12(15)16/h5-6,8H,1-4,7,9H2. The van der Waals surface area contributed by atoms with Gasteiger partial charge in [-0.3, -0.25) is 0 Å². The molecule has 0 saturated carbocycles. The van der Waals surface area contributed by atoms with E-state index in [-0.39, 0.29) is 0 Å². The van der Waals surface area contributed by atoms with Crippen LogP contribution in [0.2, 0.25) is 5.15 Å². The van der Waals surface area contributed by atoms with Crippen LogP contribution >= 0.6 is 23.8 Å². The molecule has 16 heavy (non-hydrogen) atoms. The average molecular weight is 255 g/mol. The first-order valence-corrected chi connectivity index (χ1v) is 6.42. The Morgan fingerprint density at radius 1 is 1.31 bits per heavy atom. The fourth-order valence-corrected chi connectivity index (χ4v) is 2.34. The summed E-state index contributed by atoms with van der Waals surface area (Å²) in [6.45, 7) is 1.93. The van der Waals surface area contributed by atoms with Gasteiger partial charge in [-0.2, -0.15) is 0 Å². The van der Waals surface area contributed by atoms with E-state index in [0.29, 0.717) is 5.15 Å². The van der Waals surface area contributed by atoms with Crippen LogP contribution in [0.15, 0.2) is 18.3 Å².